The zero-order valence-corrected chi connectivity index (χ0v) is 18.3. The standard InChI is InChI=1S/C18H25FN4OS.HI/c1-3-20-18(22-11-9-17-23-13-14(2)25-17)21-10-4-12-24-16-7-5-15(19)6-8-16;/h5-8,13H,3-4,9-12H2,1-2H3,(H2,20,21,22);1H. The van der Waals surface area contributed by atoms with Gasteiger partial charge in [-0.05, 0) is 38.1 Å². The smallest absolute Gasteiger partial charge is 0.191 e. The van der Waals surface area contributed by atoms with E-state index in [1.54, 1.807) is 23.5 Å². The van der Waals surface area contributed by atoms with Crippen LogP contribution in [-0.4, -0.2) is 37.2 Å². The van der Waals surface area contributed by atoms with E-state index in [1.165, 1.54) is 17.0 Å². The largest absolute Gasteiger partial charge is 0.494 e. The Kier molecular flexibility index (Phi) is 11.2. The molecule has 0 fully saturated rings. The lowest BCUT2D eigenvalue weighted by Crippen LogP contribution is -2.38. The SMILES string of the molecule is CCNC(=NCCCOc1ccc(F)cc1)NCCc1ncc(C)s1.I. The van der Waals surface area contributed by atoms with Crippen LogP contribution in [0.3, 0.4) is 0 Å². The van der Waals surface area contributed by atoms with Crippen molar-refractivity contribution in [2.75, 3.05) is 26.2 Å². The molecule has 2 rings (SSSR count). The maximum absolute atomic E-state index is 12.8. The van der Waals surface area contributed by atoms with E-state index in [4.69, 9.17) is 4.74 Å². The Morgan fingerprint density at radius 1 is 1.27 bits per heavy atom. The lowest BCUT2D eigenvalue weighted by molar-refractivity contribution is 0.313. The predicted octanol–water partition coefficient (Wildman–Crippen LogP) is 3.78. The molecule has 8 heteroatoms. The predicted molar refractivity (Wildman–Crippen MR) is 116 cm³/mol. The summed E-state index contributed by atoms with van der Waals surface area (Å²) in [6.45, 7) is 6.92. The highest BCUT2D eigenvalue weighted by atomic mass is 127. The highest BCUT2D eigenvalue weighted by Crippen LogP contribution is 2.11. The fourth-order valence-electron chi connectivity index (χ4n) is 2.12. The molecule has 0 radical (unpaired) electrons. The normalized spacial score (nSPS) is 11.0. The van der Waals surface area contributed by atoms with Gasteiger partial charge < -0.3 is 15.4 Å². The molecule has 0 bridgehead atoms. The van der Waals surface area contributed by atoms with Crippen LogP contribution in [-0.2, 0) is 6.42 Å². The number of nitrogens with zero attached hydrogens (tertiary/aromatic N) is 2. The van der Waals surface area contributed by atoms with Crippen molar-refractivity contribution in [1.82, 2.24) is 15.6 Å². The van der Waals surface area contributed by atoms with Crippen LogP contribution in [0.15, 0.2) is 35.5 Å². The van der Waals surface area contributed by atoms with Gasteiger partial charge in [0.2, 0.25) is 0 Å². The zero-order chi connectivity index (χ0) is 17.9. The molecule has 0 unspecified atom stereocenters. The number of nitrogens with one attached hydrogen (secondary N) is 2. The van der Waals surface area contributed by atoms with Gasteiger partial charge in [0.25, 0.3) is 0 Å². The van der Waals surface area contributed by atoms with Crippen LogP contribution in [0.1, 0.15) is 23.2 Å². The van der Waals surface area contributed by atoms with Crippen molar-refractivity contribution < 1.29 is 9.13 Å². The molecular formula is C18H26FIN4OS. The minimum Gasteiger partial charge on any atom is -0.494 e. The van der Waals surface area contributed by atoms with E-state index in [2.05, 4.69) is 27.5 Å². The number of aliphatic imine (C=N–C) groups is 1. The van der Waals surface area contributed by atoms with E-state index in [9.17, 15) is 4.39 Å². The molecule has 1 heterocycles. The Morgan fingerprint density at radius 2 is 2.04 bits per heavy atom. The second-order valence-corrected chi connectivity index (χ2v) is 6.78. The van der Waals surface area contributed by atoms with Gasteiger partial charge in [-0.1, -0.05) is 0 Å². The first kappa shape index (κ1) is 22.6. The molecule has 0 saturated heterocycles. The highest BCUT2D eigenvalue weighted by Gasteiger charge is 2.01. The summed E-state index contributed by atoms with van der Waals surface area (Å²) >= 11 is 1.72. The summed E-state index contributed by atoms with van der Waals surface area (Å²) in [6, 6.07) is 6.05. The molecule has 1 aromatic heterocycles. The molecule has 5 nitrogen and oxygen atoms in total. The quantitative estimate of drug-likeness (QED) is 0.242. The summed E-state index contributed by atoms with van der Waals surface area (Å²) < 4.78 is 18.4. The number of aromatic nitrogens is 1. The fourth-order valence-corrected chi connectivity index (χ4v) is 2.91. The number of rotatable bonds is 9. The Hall–Kier alpha value is -1.42. The average molecular weight is 492 g/mol. The van der Waals surface area contributed by atoms with Gasteiger partial charge in [0.15, 0.2) is 5.96 Å². The van der Waals surface area contributed by atoms with Crippen molar-refractivity contribution in [3.8, 4) is 5.75 Å². The van der Waals surface area contributed by atoms with Crippen molar-refractivity contribution in [1.29, 1.82) is 0 Å². The van der Waals surface area contributed by atoms with Crippen molar-refractivity contribution in [2.24, 2.45) is 4.99 Å². The van der Waals surface area contributed by atoms with Gasteiger partial charge in [-0.25, -0.2) is 9.37 Å². The lowest BCUT2D eigenvalue weighted by atomic mass is 10.3. The third-order valence-electron chi connectivity index (χ3n) is 3.30. The number of hydrogen-bond acceptors (Lipinski definition) is 4. The first-order valence-corrected chi connectivity index (χ1v) is 9.31. The summed E-state index contributed by atoms with van der Waals surface area (Å²) in [7, 11) is 0. The van der Waals surface area contributed by atoms with Crippen LogP contribution < -0.4 is 15.4 Å². The van der Waals surface area contributed by atoms with Crippen molar-refractivity contribution in [3.63, 3.8) is 0 Å². The van der Waals surface area contributed by atoms with Crippen LogP contribution in [0.4, 0.5) is 4.39 Å². The topological polar surface area (TPSA) is 58.5 Å². The first-order valence-electron chi connectivity index (χ1n) is 8.49. The van der Waals surface area contributed by atoms with Gasteiger partial charge in [-0.3, -0.25) is 4.99 Å². The van der Waals surface area contributed by atoms with Crippen molar-refractivity contribution in [3.05, 3.63) is 46.2 Å². The molecule has 2 aromatic rings. The van der Waals surface area contributed by atoms with Crippen molar-refractivity contribution in [2.45, 2.75) is 26.7 Å². The summed E-state index contributed by atoms with van der Waals surface area (Å²) in [4.78, 5) is 10.1. The van der Waals surface area contributed by atoms with Crippen LogP contribution in [0.5, 0.6) is 5.75 Å². The molecule has 0 amide bonds. The molecule has 0 saturated carbocycles. The maximum Gasteiger partial charge on any atom is 0.191 e. The number of guanidine groups is 1. The minimum atomic E-state index is -0.258. The maximum atomic E-state index is 12.8. The summed E-state index contributed by atoms with van der Waals surface area (Å²) in [5.74, 6) is 1.22. The number of halogens is 2. The van der Waals surface area contributed by atoms with E-state index < -0.39 is 0 Å². The zero-order valence-electron chi connectivity index (χ0n) is 15.1. The second kappa shape index (κ2) is 12.9. The number of hydrogen-bond donors (Lipinski definition) is 2. The number of ether oxygens (including phenoxy) is 1. The summed E-state index contributed by atoms with van der Waals surface area (Å²) in [5, 5.41) is 7.68. The molecule has 0 aliphatic rings. The number of aryl methyl sites for hydroxylation is 1. The average Bonchev–Trinajstić information content (AvgIpc) is 3.01. The fraction of sp³-hybridized carbons (Fsp3) is 0.444. The Labute approximate surface area is 175 Å². The van der Waals surface area contributed by atoms with Gasteiger partial charge in [0.05, 0.1) is 11.6 Å². The third-order valence-corrected chi connectivity index (χ3v) is 4.27. The molecule has 0 spiro atoms. The Balaban J connectivity index is 0.00000338. The molecule has 2 N–H and O–H groups in total. The molecule has 0 atom stereocenters. The van der Waals surface area contributed by atoms with E-state index in [1.807, 2.05) is 13.1 Å². The number of thiazole rings is 1. The van der Waals surface area contributed by atoms with Gasteiger partial charge in [-0.2, -0.15) is 0 Å². The monoisotopic (exact) mass is 492 g/mol. The van der Waals surface area contributed by atoms with E-state index in [0.29, 0.717) is 18.9 Å². The van der Waals surface area contributed by atoms with Crippen LogP contribution in [0.25, 0.3) is 0 Å². The Morgan fingerprint density at radius 3 is 2.69 bits per heavy atom. The van der Waals surface area contributed by atoms with Crippen LogP contribution >= 0.6 is 35.3 Å². The van der Waals surface area contributed by atoms with E-state index >= 15 is 0 Å². The summed E-state index contributed by atoms with van der Waals surface area (Å²) in [5.41, 5.74) is 0. The highest BCUT2D eigenvalue weighted by molar-refractivity contribution is 14.0. The van der Waals surface area contributed by atoms with E-state index in [-0.39, 0.29) is 29.8 Å². The van der Waals surface area contributed by atoms with Crippen molar-refractivity contribution >= 4 is 41.3 Å². The Bertz CT molecular complexity index is 663. The number of benzene rings is 1. The lowest BCUT2D eigenvalue weighted by Gasteiger charge is -2.10. The second-order valence-electron chi connectivity index (χ2n) is 5.46. The van der Waals surface area contributed by atoms with E-state index in [0.717, 1.165) is 36.9 Å². The molecular weight excluding hydrogens is 466 g/mol. The molecule has 144 valence electrons. The molecule has 0 aliphatic carbocycles. The van der Waals surface area contributed by atoms with Gasteiger partial charge in [0.1, 0.15) is 11.6 Å². The van der Waals surface area contributed by atoms with Crippen LogP contribution in [0, 0.1) is 12.7 Å². The van der Waals surface area contributed by atoms with Gasteiger partial charge in [0, 0.05) is 43.5 Å². The molecule has 1 aromatic carbocycles. The summed E-state index contributed by atoms with van der Waals surface area (Å²) in [6.07, 6.45) is 3.58. The minimum absolute atomic E-state index is 0. The molecule has 26 heavy (non-hydrogen) atoms. The van der Waals surface area contributed by atoms with Gasteiger partial charge in [-0.15, -0.1) is 35.3 Å². The van der Waals surface area contributed by atoms with Gasteiger partial charge >= 0.3 is 0 Å². The first-order chi connectivity index (χ1) is 12.2. The third kappa shape index (κ3) is 8.79. The molecule has 0 aliphatic heterocycles. The van der Waals surface area contributed by atoms with Crippen LogP contribution in [0.2, 0.25) is 0 Å².